The van der Waals surface area contributed by atoms with Crippen LogP contribution in [0.5, 0.6) is 0 Å². The standard InChI is InChI=1S/C11H12Cl2O/c1-6-4-7(2)10(11(12)13)8(3)9(6)5-14/h4-5,11H,1-3H3. The zero-order valence-electron chi connectivity index (χ0n) is 8.40. The van der Waals surface area contributed by atoms with Crippen molar-refractivity contribution in [2.24, 2.45) is 0 Å². The molecule has 0 aromatic heterocycles. The maximum atomic E-state index is 10.8. The van der Waals surface area contributed by atoms with Gasteiger partial charge in [0.25, 0.3) is 0 Å². The van der Waals surface area contributed by atoms with Crippen LogP contribution in [-0.4, -0.2) is 6.29 Å². The Morgan fingerprint density at radius 3 is 2.21 bits per heavy atom. The molecule has 0 aliphatic heterocycles. The van der Waals surface area contributed by atoms with E-state index in [4.69, 9.17) is 23.2 Å². The minimum atomic E-state index is -0.575. The summed E-state index contributed by atoms with van der Waals surface area (Å²) in [5.74, 6) is 0. The van der Waals surface area contributed by atoms with Gasteiger partial charge >= 0.3 is 0 Å². The van der Waals surface area contributed by atoms with Gasteiger partial charge in [-0.3, -0.25) is 4.79 Å². The maximum Gasteiger partial charge on any atom is 0.150 e. The van der Waals surface area contributed by atoms with E-state index in [1.807, 2.05) is 26.8 Å². The highest BCUT2D eigenvalue weighted by atomic mass is 35.5. The molecule has 1 nitrogen and oxygen atoms in total. The number of benzene rings is 1. The average molecular weight is 231 g/mol. The maximum absolute atomic E-state index is 10.8. The van der Waals surface area contributed by atoms with E-state index in [2.05, 4.69) is 0 Å². The van der Waals surface area contributed by atoms with E-state index in [-0.39, 0.29) is 0 Å². The summed E-state index contributed by atoms with van der Waals surface area (Å²) in [5.41, 5.74) is 4.42. The number of halogens is 2. The monoisotopic (exact) mass is 230 g/mol. The van der Waals surface area contributed by atoms with Crippen molar-refractivity contribution in [3.8, 4) is 0 Å². The van der Waals surface area contributed by atoms with Crippen LogP contribution in [-0.2, 0) is 0 Å². The summed E-state index contributed by atoms with van der Waals surface area (Å²) in [6, 6.07) is 1.93. The Morgan fingerprint density at radius 2 is 1.79 bits per heavy atom. The molecule has 0 spiro atoms. The van der Waals surface area contributed by atoms with Gasteiger partial charge in [-0.15, -0.1) is 23.2 Å². The number of carbonyl (C=O) groups excluding carboxylic acids is 1. The van der Waals surface area contributed by atoms with Gasteiger partial charge in [0.15, 0.2) is 6.29 Å². The first-order valence-electron chi connectivity index (χ1n) is 4.33. The van der Waals surface area contributed by atoms with Crippen molar-refractivity contribution in [3.63, 3.8) is 0 Å². The average Bonchev–Trinajstić information content (AvgIpc) is 2.02. The largest absolute Gasteiger partial charge is 0.298 e. The highest BCUT2D eigenvalue weighted by Crippen LogP contribution is 2.32. The number of carbonyl (C=O) groups is 1. The predicted molar refractivity (Wildman–Crippen MR) is 60.5 cm³/mol. The zero-order chi connectivity index (χ0) is 10.9. The fourth-order valence-electron chi connectivity index (χ4n) is 1.73. The van der Waals surface area contributed by atoms with Crippen LogP contribution in [0, 0.1) is 20.8 Å². The SMILES string of the molecule is Cc1cc(C)c(C(Cl)Cl)c(C)c1C=O. The molecule has 0 fully saturated rings. The quantitative estimate of drug-likeness (QED) is 0.557. The molecule has 0 atom stereocenters. The molecule has 1 aromatic rings. The van der Waals surface area contributed by atoms with Gasteiger partial charge in [0.2, 0.25) is 0 Å². The Kier molecular flexibility index (Phi) is 3.57. The van der Waals surface area contributed by atoms with E-state index in [9.17, 15) is 4.79 Å². The van der Waals surface area contributed by atoms with E-state index in [0.717, 1.165) is 28.5 Å². The smallest absolute Gasteiger partial charge is 0.150 e. The third kappa shape index (κ3) is 1.94. The van der Waals surface area contributed by atoms with Crippen LogP contribution in [0.3, 0.4) is 0 Å². The molecule has 0 saturated carbocycles. The third-order valence-corrected chi connectivity index (χ3v) is 2.86. The van der Waals surface area contributed by atoms with Gasteiger partial charge < -0.3 is 0 Å². The van der Waals surface area contributed by atoms with Gasteiger partial charge in [0, 0.05) is 5.56 Å². The molecule has 76 valence electrons. The molecule has 0 saturated heterocycles. The van der Waals surface area contributed by atoms with Crippen LogP contribution >= 0.6 is 23.2 Å². The van der Waals surface area contributed by atoms with Crippen LogP contribution in [0.1, 0.15) is 37.4 Å². The number of rotatable bonds is 2. The van der Waals surface area contributed by atoms with Crippen LogP contribution in [0.15, 0.2) is 6.07 Å². The van der Waals surface area contributed by atoms with E-state index in [0.29, 0.717) is 5.56 Å². The van der Waals surface area contributed by atoms with Crippen molar-refractivity contribution < 1.29 is 4.79 Å². The molecule has 0 aliphatic rings. The lowest BCUT2D eigenvalue weighted by atomic mass is 9.95. The molecule has 0 heterocycles. The first-order valence-corrected chi connectivity index (χ1v) is 5.20. The molecule has 14 heavy (non-hydrogen) atoms. The van der Waals surface area contributed by atoms with Crippen molar-refractivity contribution in [3.05, 3.63) is 33.9 Å². The first-order chi connectivity index (χ1) is 6.49. The van der Waals surface area contributed by atoms with Crippen molar-refractivity contribution in [1.82, 2.24) is 0 Å². The van der Waals surface area contributed by atoms with Crippen molar-refractivity contribution in [1.29, 1.82) is 0 Å². The fourth-order valence-corrected chi connectivity index (χ4v) is 2.41. The van der Waals surface area contributed by atoms with E-state index in [1.165, 1.54) is 0 Å². The topological polar surface area (TPSA) is 17.1 Å². The van der Waals surface area contributed by atoms with Gasteiger partial charge in [0.05, 0.1) is 0 Å². The molecule has 1 rings (SSSR count). The lowest BCUT2D eigenvalue weighted by molar-refractivity contribution is 0.112. The second-order valence-electron chi connectivity index (χ2n) is 3.38. The third-order valence-electron chi connectivity index (χ3n) is 2.43. The van der Waals surface area contributed by atoms with Crippen molar-refractivity contribution >= 4 is 29.5 Å². The van der Waals surface area contributed by atoms with Crippen LogP contribution in [0.25, 0.3) is 0 Å². The number of hydrogen-bond acceptors (Lipinski definition) is 1. The molecule has 0 radical (unpaired) electrons. The predicted octanol–water partition coefficient (Wildman–Crippen LogP) is 3.90. The highest BCUT2D eigenvalue weighted by molar-refractivity contribution is 6.44. The summed E-state index contributed by atoms with van der Waals surface area (Å²) in [6.45, 7) is 5.73. The molecule has 0 bridgehead atoms. The van der Waals surface area contributed by atoms with E-state index >= 15 is 0 Å². The number of hydrogen-bond donors (Lipinski definition) is 0. The van der Waals surface area contributed by atoms with E-state index < -0.39 is 4.84 Å². The number of aryl methyl sites for hydroxylation is 2. The second kappa shape index (κ2) is 4.33. The molecular weight excluding hydrogens is 219 g/mol. The first kappa shape index (κ1) is 11.5. The minimum Gasteiger partial charge on any atom is -0.298 e. The lowest BCUT2D eigenvalue weighted by Crippen LogP contribution is -2.00. The summed E-state index contributed by atoms with van der Waals surface area (Å²) >= 11 is 11.7. The fraction of sp³-hybridized carbons (Fsp3) is 0.364. The molecule has 0 N–H and O–H groups in total. The van der Waals surface area contributed by atoms with Gasteiger partial charge in [0.1, 0.15) is 4.84 Å². The lowest BCUT2D eigenvalue weighted by Gasteiger charge is -2.14. The van der Waals surface area contributed by atoms with Crippen LogP contribution in [0.4, 0.5) is 0 Å². The highest BCUT2D eigenvalue weighted by Gasteiger charge is 2.15. The molecule has 0 amide bonds. The summed E-state index contributed by atoms with van der Waals surface area (Å²) < 4.78 is 0. The normalized spacial score (nSPS) is 10.7. The van der Waals surface area contributed by atoms with Crippen molar-refractivity contribution in [2.45, 2.75) is 25.6 Å². The number of aldehydes is 1. The zero-order valence-corrected chi connectivity index (χ0v) is 9.91. The molecule has 0 unspecified atom stereocenters. The van der Waals surface area contributed by atoms with Gasteiger partial charge in [-0.25, -0.2) is 0 Å². The van der Waals surface area contributed by atoms with Gasteiger partial charge in [-0.2, -0.15) is 0 Å². The summed E-state index contributed by atoms with van der Waals surface area (Å²) in [5, 5.41) is 0. The van der Waals surface area contributed by atoms with Crippen LogP contribution < -0.4 is 0 Å². The Bertz CT molecular complexity index is 370. The summed E-state index contributed by atoms with van der Waals surface area (Å²) in [7, 11) is 0. The Labute approximate surface area is 94.0 Å². The second-order valence-corrected chi connectivity index (χ2v) is 4.48. The summed E-state index contributed by atoms with van der Waals surface area (Å²) in [6.07, 6.45) is 0.851. The van der Waals surface area contributed by atoms with E-state index in [1.54, 1.807) is 0 Å². The molecule has 0 aliphatic carbocycles. The molecule has 1 aromatic carbocycles. The van der Waals surface area contributed by atoms with Crippen LogP contribution in [0.2, 0.25) is 0 Å². The number of alkyl halides is 2. The molecular formula is C11H12Cl2O. The Balaban J connectivity index is 3.51. The summed E-state index contributed by atoms with van der Waals surface area (Å²) in [4.78, 5) is 10.3. The Morgan fingerprint density at radius 1 is 1.21 bits per heavy atom. The van der Waals surface area contributed by atoms with Gasteiger partial charge in [-0.1, -0.05) is 6.07 Å². The minimum absolute atomic E-state index is 0.575. The Hall–Kier alpha value is -0.530. The molecule has 3 heteroatoms. The van der Waals surface area contributed by atoms with Crippen molar-refractivity contribution in [2.75, 3.05) is 0 Å². The van der Waals surface area contributed by atoms with Gasteiger partial charge in [-0.05, 0) is 43.0 Å².